The standard InChI is InChI=1S/C19H17BrFNO4/c1-11(2)18(24)22-14-6-3-12(4-7-14)17(23)10-26-19(25)15-8-5-13(21)9-16(15)20/h3-9,11H,10H2,1-2H3,(H,22,24). The van der Waals surface area contributed by atoms with Crippen molar-refractivity contribution < 1.29 is 23.5 Å². The lowest BCUT2D eigenvalue weighted by Gasteiger charge is -2.09. The Balaban J connectivity index is 1.95. The van der Waals surface area contributed by atoms with Crippen molar-refractivity contribution >= 4 is 39.3 Å². The molecule has 0 aromatic heterocycles. The molecule has 26 heavy (non-hydrogen) atoms. The van der Waals surface area contributed by atoms with E-state index in [1.54, 1.807) is 38.1 Å². The molecule has 2 aromatic carbocycles. The molecule has 7 heteroatoms. The van der Waals surface area contributed by atoms with Crippen LogP contribution in [0.15, 0.2) is 46.9 Å². The number of rotatable bonds is 6. The summed E-state index contributed by atoms with van der Waals surface area (Å²) in [6.45, 7) is 3.11. The van der Waals surface area contributed by atoms with Crippen molar-refractivity contribution in [2.24, 2.45) is 5.92 Å². The molecule has 0 aliphatic carbocycles. The van der Waals surface area contributed by atoms with Gasteiger partial charge in [0.2, 0.25) is 5.91 Å². The van der Waals surface area contributed by atoms with Crippen LogP contribution in [0.25, 0.3) is 0 Å². The van der Waals surface area contributed by atoms with E-state index < -0.39 is 24.2 Å². The summed E-state index contributed by atoms with van der Waals surface area (Å²) >= 11 is 3.08. The van der Waals surface area contributed by atoms with Gasteiger partial charge in [-0.1, -0.05) is 13.8 Å². The number of Topliss-reactive ketones (excluding diaryl/α,β-unsaturated/α-hetero) is 1. The van der Waals surface area contributed by atoms with Crippen LogP contribution in [0, 0.1) is 11.7 Å². The highest BCUT2D eigenvalue weighted by Gasteiger charge is 2.15. The fourth-order valence-corrected chi connectivity index (χ4v) is 2.49. The zero-order chi connectivity index (χ0) is 19.3. The van der Waals surface area contributed by atoms with E-state index in [0.29, 0.717) is 11.3 Å². The number of hydrogen-bond acceptors (Lipinski definition) is 4. The molecule has 0 heterocycles. The van der Waals surface area contributed by atoms with Crippen LogP contribution in [0.3, 0.4) is 0 Å². The van der Waals surface area contributed by atoms with Crippen LogP contribution in [0.4, 0.5) is 10.1 Å². The van der Waals surface area contributed by atoms with Gasteiger partial charge in [0.05, 0.1) is 5.56 Å². The summed E-state index contributed by atoms with van der Waals surface area (Å²) in [5.74, 6) is -1.89. The minimum atomic E-state index is -0.731. The quantitative estimate of drug-likeness (QED) is 0.559. The molecule has 0 fully saturated rings. The third-order valence-corrected chi connectivity index (χ3v) is 4.14. The number of hydrogen-bond donors (Lipinski definition) is 1. The lowest BCUT2D eigenvalue weighted by Crippen LogP contribution is -2.18. The molecular formula is C19H17BrFNO4. The van der Waals surface area contributed by atoms with Gasteiger partial charge in [-0.25, -0.2) is 9.18 Å². The highest BCUT2D eigenvalue weighted by atomic mass is 79.9. The fourth-order valence-electron chi connectivity index (χ4n) is 1.97. The number of ether oxygens (including phenoxy) is 1. The highest BCUT2D eigenvalue weighted by Crippen LogP contribution is 2.19. The molecule has 5 nitrogen and oxygen atoms in total. The maximum Gasteiger partial charge on any atom is 0.339 e. The number of anilines is 1. The van der Waals surface area contributed by atoms with Gasteiger partial charge < -0.3 is 10.1 Å². The summed E-state index contributed by atoms with van der Waals surface area (Å²) in [6.07, 6.45) is 0. The van der Waals surface area contributed by atoms with E-state index in [2.05, 4.69) is 21.2 Å². The summed E-state index contributed by atoms with van der Waals surface area (Å²) in [7, 11) is 0. The Kier molecular flexibility index (Phi) is 6.63. The Labute approximate surface area is 158 Å². The van der Waals surface area contributed by atoms with Gasteiger partial charge in [-0.3, -0.25) is 9.59 Å². The molecule has 1 amide bonds. The van der Waals surface area contributed by atoms with E-state index in [-0.39, 0.29) is 21.9 Å². The first kappa shape index (κ1) is 19.8. The maximum absolute atomic E-state index is 13.0. The second-order valence-corrected chi connectivity index (χ2v) is 6.70. The monoisotopic (exact) mass is 421 g/mol. The molecule has 0 bridgehead atoms. The maximum atomic E-state index is 13.0. The number of esters is 1. The smallest absolute Gasteiger partial charge is 0.339 e. The van der Waals surface area contributed by atoms with Crippen molar-refractivity contribution in [3.05, 3.63) is 63.9 Å². The van der Waals surface area contributed by atoms with E-state index in [1.807, 2.05) is 0 Å². The molecule has 0 radical (unpaired) electrons. The summed E-state index contributed by atoms with van der Waals surface area (Å²) in [5.41, 5.74) is 1.05. The zero-order valence-corrected chi connectivity index (χ0v) is 15.8. The van der Waals surface area contributed by atoms with E-state index in [1.165, 1.54) is 6.07 Å². The largest absolute Gasteiger partial charge is 0.454 e. The second kappa shape index (κ2) is 8.71. The Morgan fingerprint density at radius 2 is 1.77 bits per heavy atom. The molecule has 0 atom stereocenters. The third-order valence-electron chi connectivity index (χ3n) is 3.48. The predicted molar refractivity (Wildman–Crippen MR) is 98.6 cm³/mol. The highest BCUT2D eigenvalue weighted by molar-refractivity contribution is 9.10. The molecular weight excluding hydrogens is 405 g/mol. The average Bonchev–Trinajstić information content (AvgIpc) is 2.59. The number of amides is 1. The van der Waals surface area contributed by atoms with Crippen LogP contribution < -0.4 is 5.32 Å². The first-order valence-corrected chi connectivity index (χ1v) is 8.63. The first-order valence-electron chi connectivity index (χ1n) is 7.84. The van der Waals surface area contributed by atoms with Crippen molar-refractivity contribution in [1.29, 1.82) is 0 Å². The number of benzene rings is 2. The number of ketones is 1. The fraction of sp³-hybridized carbons (Fsp3) is 0.211. The molecule has 0 saturated heterocycles. The molecule has 0 spiro atoms. The van der Waals surface area contributed by atoms with Crippen molar-refractivity contribution in [3.63, 3.8) is 0 Å². The Hall–Kier alpha value is -2.54. The molecule has 2 aromatic rings. The van der Waals surface area contributed by atoms with Crippen LogP contribution in [-0.4, -0.2) is 24.3 Å². The minimum absolute atomic E-state index is 0.122. The van der Waals surface area contributed by atoms with Crippen LogP contribution in [0.1, 0.15) is 34.6 Å². The van der Waals surface area contributed by atoms with Gasteiger partial charge in [0.15, 0.2) is 12.4 Å². The summed E-state index contributed by atoms with van der Waals surface area (Å²) in [6, 6.07) is 9.84. The number of carbonyl (C=O) groups excluding carboxylic acids is 3. The van der Waals surface area contributed by atoms with Crippen molar-refractivity contribution in [3.8, 4) is 0 Å². The van der Waals surface area contributed by atoms with Gasteiger partial charge in [-0.05, 0) is 58.4 Å². The lowest BCUT2D eigenvalue weighted by molar-refractivity contribution is -0.118. The van der Waals surface area contributed by atoms with Crippen LogP contribution >= 0.6 is 15.9 Å². The Morgan fingerprint density at radius 3 is 2.35 bits per heavy atom. The average molecular weight is 422 g/mol. The SMILES string of the molecule is CC(C)C(=O)Nc1ccc(C(=O)COC(=O)c2ccc(F)cc2Br)cc1. The lowest BCUT2D eigenvalue weighted by atomic mass is 10.1. The predicted octanol–water partition coefficient (Wildman–Crippen LogP) is 4.22. The van der Waals surface area contributed by atoms with Gasteiger partial charge in [0.1, 0.15) is 5.82 Å². The molecule has 136 valence electrons. The summed E-state index contributed by atoms with van der Waals surface area (Å²) < 4.78 is 18.3. The topological polar surface area (TPSA) is 72.5 Å². The van der Waals surface area contributed by atoms with Gasteiger partial charge in [-0.2, -0.15) is 0 Å². The minimum Gasteiger partial charge on any atom is -0.454 e. The van der Waals surface area contributed by atoms with Crippen molar-refractivity contribution in [2.45, 2.75) is 13.8 Å². The summed E-state index contributed by atoms with van der Waals surface area (Å²) in [4.78, 5) is 35.7. The van der Waals surface area contributed by atoms with Gasteiger partial charge >= 0.3 is 5.97 Å². The van der Waals surface area contributed by atoms with Crippen LogP contribution in [-0.2, 0) is 9.53 Å². The van der Waals surface area contributed by atoms with Gasteiger partial charge in [0.25, 0.3) is 0 Å². The number of carbonyl (C=O) groups is 3. The van der Waals surface area contributed by atoms with Gasteiger partial charge in [-0.15, -0.1) is 0 Å². The molecule has 2 rings (SSSR count). The van der Waals surface area contributed by atoms with Crippen LogP contribution in [0.2, 0.25) is 0 Å². The third kappa shape index (κ3) is 5.23. The normalized spacial score (nSPS) is 10.5. The molecule has 0 aliphatic heterocycles. The van der Waals surface area contributed by atoms with Crippen molar-refractivity contribution in [2.75, 3.05) is 11.9 Å². The first-order chi connectivity index (χ1) is 12.3. The molecule has 1 N–H and O–H groups in total. The zero-order valence-electron chi connectivity index (χ0n) is 14.2. The Morgan fingerprint density at radius 1 is 1.12 bits per heavy atom. The van der Waals surface area contributed by atoms with Gasteiger partial charge in [0, 0.05) is 21.6 Å². The molecule has 0 unspecified atom stereocenters. The molecule has 0 saturated carbocycles. The van der Waals surface area contributed by atoms with Crippen LogP contribution in [0.5, 0.6) is 0 Å². The van der Waals surface area contributed by atoms with E-state index in [4.69, 9.17) is 4.74 Å². The second-order valence-electron chi connectivity index (χ2n) is 5.84. The van der Waals surface area contributed by atoms with Crippen molar-refractivity contribution in [1.82, 2.24) is 0 Å². The Bertz CT molecular complexity index is 834. The molecule has 0 aliphatic rings. The van der Waals surface area contributed by atoms with E-state index >= 15 is 0 Å². The van der Waals surface area contributed by atoms with E-state index in [9.17, 15) is 18.8 Å². The van der Waals surface area contributed by atoms with E-state index in [0.717, 1.165) is 12.1 Å². The number of halogens is 2. The summed E-state index contributed by atoms with van der Waals surface area (Å²) in [5, 5.41) is 2.72. The number of nitrogens with one attached hydrogen (secondary N) is 1.